The summed E-state index contributed by atoms with van der Waals surface area (Å²) in [7, 11) is 0. The van der Waals surface area contributed by atoms with Gasteiger partial charge in [-0.1, -0.05) is 28.6 Å². The molecule has 0 atom stereocenters. The van der Waals surface area contributed by atoms with Crippen LogP contribution < -0.4 is 0 Å². The van der Waals surface area contributed by atoms with Gasteiger partial charge in [0, 0.05) is 15.7 Å². The van der Waals surface area contributed by atoms with Crippen LogP contribution in [0.1, 0.15) is 12.5 Å². The molecule has 0 saturated heterocycles. The zero-order chi connectivity index (χ0) is 14.9. The second kappa shape index (κ2) is 5.87. The van der Waals surface area contributed by atoms with Gasteiger partial charge in [0.1, 0.15) is 5.82 Å². The molecular formula is C15H13BrF3N. The molecule has 0 N–H and O–H groups in total. The molecule has 1 aromatic rings. The first-order valence-corrected chi connectivity index (χ1v) is 6.78. The Labute approximate surface area is 124 Å². The van der Waals surface area contributed by atoms with Crippen LogP contribution in [0.4, 0.5) is 13.2 Å². The monoisotopic (exact) mass is 343 g/mol. The minimum Gasteiger partial charge on any atom is -0.335 e. The molecule has 0 unspecified atom stereocenters. The highest BCUT2D eigenvalue weighted by atomic mass is 79.9. The van der Waals surface area contributed by atoms with Crippen molar-refractivity contribution >= 4 is 21.6 Å². The molecule has 106 valence electrons. The fourth-order valence-corrected chi connectivity index (χ4v) is 2.36. The minimum absolute atomic E-state index is 0.277. The molecule has 0 amide bonds. The standard InChI is InChI=1S/C15H13BrF3N/c1-9-3-6-14(20(10(9)2)8-15(18)19)12-5-4-11(16)7-13(12)17/h3-7,15H,2,8H2,1H3. The summed E-state index contributed by atoms with van der Waals surface area (Å²) in [5.41, 5.74) is 1.92. The number of hydrogen-bond acceptors (Lipinski definition) is 1. The van der Waals surface area contributed by atoms with Crippen LogP contribution in [0.15, 0.2) is 52.7 Å². The highest BCUT2D eigenvalue weighted by Gasteiger charge is 2.24. The van der Waals surface area contributed by atoms with E-state index in [4.69, 9.17) is 0 Å². The van der Waals surface area contributed by atoms with Gasteiger partial charge >= 0.3 is 0 Å². The van der Waals surface area contributed by atoms with Crippen molar-refractivity contribution in [3.63, 3.8) is 0 Å². The summed E-state index contributed by atoms with van der Waals surface area (Å²) >= 11 is 3.17. The molecule has 1 aromatic carbocycles. The third kappa shape index (κ3) is 2.98. The Morgan fingerprint density at radius 3 is 2.60 bits per heavy atom. The number of rotatable bonds is 3. The molecule has 20 heavy (non-hydrogen) atoms. The molecule has 1 aliphatic rings. The normalized spacial score (nSPS) is 15.5. The van der Waals surface area contributed by atoms with Gasteiger partial charge in [0.05, 0.1) is 12.2 Å². The van der Waals surface area contributed by atoms with E-state index in [1.807, 2.05) is 0 Å². The molecule has 0 bridgehead atoms. The van der Waals surface area contributed by atoms with Crippen molar-refractivity contribution in [2.75, 3.05) is 6.54 Å². The van der Waals surface area contributed by atoms with E-state index in [0.717, 1.165) is 5.57 Å². The van der Waals surface area contributed by atoms with Crippen LogP contribution >= 0.6 is 15.9 Å². The highest BCUT2D eigenvalue weighted by molar-refractivity contribution is 9.10. The minimum atomic E-state index is -2.53. The van der Waals surface area contributed by atoms with E-state index >= 15 is 0 Å². The summed E-state index contributed by atoms with van der Waals surface area (Å²) in [5, 5.41) is 0. The van der Waals surface area contributed by atoms with Gasteiger partial charge in [-0.3, -0.25) is 0 Å². The van der Waals surface area contributed by atoms with Crippen molar-refractivity contribution < 1.29 is 13.2 Å². The summed E-state index contributed by atoms with van der Waals surface area (Å²) in [5.74, 6) is -0.467. The molecule has 0 aromatic heterocycles. The van der Waals surface area contributed by atoms with Crippen LogP contribution in [0.2, 0.25) is 0 Å². The fourth-order valence-electron chi connectivity index (χ4n) is 2.03. The molecule has 0 saturated carbocycles. The molecule has 0 spiro atoms. The Morgan fingerprint density at radius 1 is 1.30 bits per heavy atom. The summed E-state index contributed by atoms with van der Waals surface area (Å²) in [4.78, 5) is 1.35. The smallest absolute Gasteiger partial charge is 0.256 e. The lowest BCUT2D eigenvalue weighted by Crippen LogP contribution is -2.29. The summed E-state index contributed by atoms with van der Waals surface area (Å²) < 4.78 is 40.1. The summed E-state index contributed by atoms with van der Waals surface area (Å²) in [6.07, 6.45) is 0.861. The Balaban J connectivity index is 2.48. The van der Waals surface area contributed by atoms with E-state index in [9.17, 15) is 13.2 Å². The third-order valence-corrected chi connectivity index (χ3v) is 3.58. The van der Waals surface area contributed by atoms with E-state index in [-0.39, 0.29) is 5.56 Å². The van der Waals surface area contributed by atoms with E-state index in [1.165, 1.54) is 11.0 Å². The first kappa shape index (κ1) is 14.9. The molecule has 0 aliphatic carbocycles. The first-order chi connectivity index (χ1) is 9.40. The molecular weight excluding hydrogens is 331 g/mol. The summed E-state index contributed by atoms with van der Waals surface area (Å²) in [6.45, 7) is 5.08. The zero-order valence-corrected chi connectivity index (χ0v) is 12.4. The van der Waals surface area contributed by atoms with Gasteiger partial charge in [0.2, 0.25) is 0 Å². The predicted octanol–water partition coefficient (Wildman–Crippen LogP) is 4.97. The second-order valence-electron chi connectivity index (χ2n) is 4.47. The second-order valence-corrected chi connectivity index (χ2v) is 5.39. The maximum Gasteiger partial charge on any atom is 0.256 e. The van der Waals surface area contributed by atoms with Gasteiger partial charge in [0.15, 0.2) is 0 Å². The maximum atomic E-state index is 14.0. The zero-order valence-electron chi connectivity index (χ0n) is 10.8. The Kier molecular flexibility index (Phi) is 4.38. The quantitative estimate of drug-likeness (QED) is 0.748. The molecule has 1 aliphatic heterocycles. The van der Waals surface area contributed by atoms with Crippen molar-refractivity contribution in [1.29, 1.82) is 0 Å². The Hall–Kier alpha value is -1.49. The fraction of sp³-hybridized carbons (Fsp3) is 0.200. The van der Waals surface area contributed by atoms with E-state index in [2.05, 4.69) is 22.5 Å². The number of allylic oxidation sites excluding steroid dienone is 3. The number of nitrogens with zero attached hydrogens (tertiary/aromatic N) is 1. The lowest BCUT2D eigenvalue weighted by molar-refractivity contribution is 0.123. The maximum absolute atomic E-state index is 14.0. The molecule has 1 nitrogen and oxygen atoms in total. The number of halogens is 4. The molecule has 0 radical (unpaired) electrons. The first-order valence-electron chi connectivity index (χ1n) is 5.99. The van der Waals surface area contributed by atoms with Gasteiger partial charge < -0.3 is 4.90 Å². The lowest BCUT2D eigenvalue weighted by Gasteiger charge is -2.32. The molecule has 5 heteroatoms. The number of benzene rings is 1. The largest absolute Gasteiger partial charge is 0.335 e. The topological polar surface area (TPSA) is 3.24 Å². The molecule has 0 fully saturated rings. The van der Waals surface area contributed by atoms with Crippen LogP contribution in [0.25, 0.3) is 5.70 Å². The average molecular weight is 344 g/mol. The van der Waals surface area contributed by atoms with Gasteiger partial charge in [0.25, 0.3) is 6.43 Å². The van der Waals surface area contributed by atoms with Crippen LogP contribution in [0, 0.1) is 5.82 Å². The van der Waals surface area contributed by atoms with E-state index in [0.29, 0.717) is 15.9 Å². The number of alkyl halides is 2. The van der Waals surface area contributed by atoms with Crippen LogP contribution in [-0.4, -0.2) is 17.9 Å². The predicted molar refractivity (Wildman–Crippen MR) is 77.7 cm³/mol. The Morgan fingerprint density at radius 2 is 2.00 bits per heavy atom. The van der Waals surface area contributed by atoms with Crippen molar-refractivity contribution in [3.8, 4) is 0 Å². The van der Waals surface area contributed by atoms with E-state index < -0.39 is 18.8 Å². The highest BCUT2D eigenvalue weighted by Crippen LogP contribution is 2.33. The van der Waals surface area contributed by atoms with Crippen LogP contribution in [0.5, 0.6) is 0 Å². The summed E-state index contributed by atoms with van der Waals surface area (Å²) in [6, 6.07) is 4.55. The van der Waals surface area contributed by atoms with Crippen molar-refractivity contribution in [2.45, 2.75) is 13.3 Å². The van der Waals surface area contributed by atoms with Crippen molar-refractivity contribution in [3.05, 3.63) is 64.1 Å². The van der Waals surface area contributed by atoms with Crippen LogP contribution in [0.3, 0.4) is 0 Å². The Bertz CT molecular complexity index is 605. The lowest BCUT2D eigenvalue weighted by atomic mass is 10.0. The van der Waals surface area contributed by atoms with Gasteiger partial charge in [-0.2, -0.15) is 0 Å². The number of hydrogen-bond donors (Lipinski definition) is 0. The van der Waals surface area contributed by atoms with E-state index in [1.54, 1.807) is 31.2 Å². The van der Waals surface area contributed by atoms with Gasteiger partial charge in [-0.05, 0) is 36.8 Å². The van der Waals surface area contributed by atoms with Gasteiger partial charge in [-0.15, -0.1) is 0 Å². The van der Waals surface area contributed by atoms with Crippen LogP contribution in [-0.2, 0) is 0 Å². The van der Waals surface area contributed by atoms with Gasteiger partial charge in [-0.25, -0.2) is 13.2 Å². The van der Waals surface area contributed by atoms with Crippen molar-refractivity contribution in [2.24, 2.45) is 0 Å². The molecule has 1 heterocycles. The third-order valence-electron chi connectivity index (χ3n) is 3.09. The van der Waals surface area contributed by atoms with Crippen molar-refractivity contribution in [1.82, 2.24) is 4.90 Å². The molecule has 2 rings (SSSR count). The SMILES string of the molecule is C=C1C(C)=CC=C(c2ccc(Br)cc2F)N1CC(F)F. The average Bonchev–Trinajstić information content (AvgIpc) is 2.36.